The second-order valence-electron chi connectivity index (χ2n) is 4.30. The molecule has 0 saturated carbocycles. The van der Waals surface area contributed by atoms with E-state index in [1.165, 1.54) is 0 Å². The van der Waals surface area contributed by atoms with Crippen molar-refractivity contribution < 1.29 is 9.90 Å². The van der Waals surface area contributed by atoms with Crippen molar-refractivity contribution in [1.29, 1.82) is 0 Å². The molecule has 1 aromatic rings. The molecule has 1 atom stereocenters. The molecule has 0 radical (unpaired) electrons. The van der Waals surface area contributed by atoms with Gasteiger partial charge >= 0.3 is 6.03 Å². The van der Waals surface area contributed by atoms with Gasteiger partial charge in [0.15, 0.2) is 0 Å². The number of aryl methyl sites for hydroxylation is 1. The van der Waals surface area contributed by atoms with Gasteiger partial charge in [-0.05, 0) is 47.0 Å². The lowest BCUT2D eigenvalue weighted by Crippen LogP contribution is -2.33. The number of aliphatic hydroxyl groups excluding tert-OH is 1. The number of carbonyl (C=O) groups excluding carboxylic acids is 1. The summed E-state index contributed by atoms with van der Waals surface area (Å²) in [5.41, 5.74) is 1.85. The molecule has 2 rings (SSSR count). The summed E-state index contributed by atoms with van der Waals surface area (Å²) in [7, 11) is 0. The molecule has 0 unspecified atom stereocenters. The van der Waals surface area contributed by atoms with Gasteiger partial charge in [-0.25, -0.2) is 4.79 Å². The fourth-order valence-electron chi connectivity index (χ4n) is 1.86. The molecule has 2 amide bonds. The van der Waals surface area contributed by atoms with E-state index in [-0.39, 0.29) is 12.1 Å². The first kappa shape index (κ1) is 12.4. The number of rotatable bonds is 1. The van der Waals surface area contributed by atoms with E-state index >= 15 is 0 Å². The van der Waals surface area contributed by atoms with Crippen LogP contribution < -0.4 is 5.32 Å². The average Bonchev–Trinajstić information content (AvgIpc) is 2.70. The van der Waals surface area contributed by atoms with Crippen molar-refractivity contribution in [3.8, 4) is 0 Å². The first-order chi connectivity index (χ1) is 8.06. The topological polar surface area (TPSA) is 52.6 Å². The minimum atomic E-state index is -0.387. The minimum absolute atomic E-state index is 0.159. The number of likely N-dealkylation sites (tertiary alicyclic amines) is 1. The van der Waals surface area contributed by atoms with E-state index in [9.17, 15) is 9.90 Å². The van der Waals surface area contributed by atoms with Crippen LogP contribution >= 0.6 is 15.9 Å². The molecular formula is C12H15BrN2O2. The summed E-state index contributed by atoms with van der Waals surface area (Å²) in [5.74, 6) is 0. The first-order valence-electron chi connectivity index (χ1n) is 5.56. The summed E-state index contributed by atoms with van der Waals surface area (Å²) < 4.78 is 0.858. The van der Waals surface area contributed by atoms with Gasteiger partial charge in [0.2, 0.25) is 0 Å². The Hall–Kier alpha value is -1.07. The smallest absolute Gasteiger partial charge is 0.321 e. The molecule has 2 N–H and O–H groups in total. The highest BCUT2D eigenvalue weighted by atomic mass is 79.9. The molecule has 0 spiro atoms. The van der Waals surface area contributed by atoms with E-state index in [2.05, 4.69) is 21.2 Å². The highest BCUT2D eigenvalue weighted by molar-refractivity contribution is 9.10. The Kier molecular flexibility index (Phi) is 3.69. The van der Waals surface area contributed by atoms with Gasteiger partial charge in [-0.3, -0.25) is 0 Å². The zero-order valence-corrected chi connectivity index (χ0v) is 11.2. The average molecular weight is 299 g/mol. The lowest BCUT2D eigenvalue weighted by Gasteiger charge is -2.17. The van der Waals surface area contributed by atoms with E-state index in [4.69, 9.17) is 0 Å². The van der Waals surface area contributed by atoms with Gasteiger partial charge in [0.25, 0.3) is 0 Å². The SMILES string of the molecule is Cc1ccc(Br)c(NC(=O)N2CC[C@@H](O)C2)c1. The zero-order valence-electron chi connectivity index (χ0n) is 9.61. The summed E-state index contributed by atoms with van der Waals surface area (Å²) >= 11 is 3.40. The summed E-state index contributed by atoms with van der Waals surface area (Å²) in [6, 6.07) is 5.63. The van der Waals surface area contributed by atoms with Gasteiger partial charge in [0.1, 0.15) is 0 Å². The van der Waals surface area contributed by atoms with E-state index in [1.54, 1.807) is 4.90 Å². The van der Waals surface area contributed by atoms with E-state index < -0.39 is 0 Å². The quantitative estimate of drug-likeness (QED) is 0.836. The maximum atomic E-state index is 11.9. The molecule has 5 heteroatoms. The fraction of sp³-hybridized carbons (Fsp3) is 0.417. The number of amides is 2. The number of nitrogens with zero attached hydrogens (tertiary/aromatic N) is 1. The highest BCUT2D eigenvalue weighted by Gasteiger charge is 2.24. The van der Waals surface area contributed by atoms with E-state index in [0.717, 1.165) is 15.7 Å². The molecule has 92 valence electrons. The van der Waals surface area contributed by atoms with Crippen molar-refractivity contribution in [1.82, 2.24) is 4.90 Å². The van der Waals surface area contributed by atoms with Crippen molar-refractivity contribution in [3.05, 3.63) is 28.2 Å². The third-order valence-corrected chi connectivity index (χ3v) is 3.51. The molecule has 1 aromatic carbocycles. The van der Waals surface area contributed by atoms with Crippen molar-refractivity contribution in [3.63, 3.8) is 0 Å². The Balaban J connectivity index is 2.05. The van der Waals surface area contributed by atoms with Crippen LogP contribution in [0.3, 0.4) is 0 Å². The number of halogens is 1. The number of benzene rings is 1. The van der Waals surface area contributed by atoms with Crippen LogP contribution in [0, 0.1) is 6.92 Å². The maximum Gasteiger partial charge on any atom is 0.321 e. The molecule has 0 bridgehead atoms. The Morgan fingerprint density at radius 1 is 1.59 bits per heavy atom. The van der Waals surface area contributed by atoms with E-state index in [0.29, 0.717) is 19.5 Å². The molecule has 17 heavy (non-hydrogen) atoms. The Morgan fingerprint density at radius 2 is 2.35 bits per heavy atom. The largest absolute Gasteiger partial charge is 0.391 e. The number of hydrogen-bond donors (Lipinski definition) is 2. The normalized spacial score (nSPS) is 19.5. The van der Waals surface area contributed by atoms with Crippen molar-refractivity contribution in [2.45, 2.75) is 19.4 Å². The fourth-order valence-corrected chi connectivity index (χ4v) is 2.20. The van der Waals surface area contributed by atoms with Crippen molar-refractivity contribution in [2.24, 2.45) is 0 Å². The number of nitrogens with one attached hydrogen (secondary N) is 1. The Labute approximate surface area is 109 Å². The van der Waals surface area contributed by atoms with Crippen LogP contribution in [0.5, 0.6) is 0 Å². The molecule has 0 aliphatic carbocycles. The molecule has 4 nitrogen and oxygen atoms in total. The van der Waals surface area contributed by atoms with Crippen LogP contribution in [0.4, 0.5) is 10.5 Å². The lowest BCUT2D eigenvalue weighted by molar-refractivity contribution is 0.176. The van der Waals surface area contributed by atoms with Crippen LogP contribution in [0.15, 0.2) is 22.7 Å². The zero-order chi connectivity index (χ0) is 12.4. The predicted molar refractivity (Wildman–Crippen MR) is 70.1 cm³/mol. The van der Waals surface area contributed by atoms with Crippen LogP contribution in [0.1, 0.15) is 12.0 Å². The molecule has 1 aliphatic heterocycles. The number of aliphatic hydroxyl groups is 1. The molecule has 0 aromatic heterocycles. The standard InChI is InChI=1S/C12H15BrN2O2/c1-8-2-3-10(13)11(6-8)14-12(17)15-5-4-9(16)7-15/h2-3,6,9,16H,4-5,7H2,1H3,(H,14,17)/t9-/m1/s1. The second-order valence-corrected chi connectivity index (χ2v) is 5.16. The summed E-state index contributed by atoms with van der Waals surface area (Å²) in [4.78, 5) is 13.5. The van der Waals surface area contributed by atoms with Crippen LogP contribution in [0.2, 0.25) is 0 Å². The Morgan fingerprint density at radius 3 is 3.00 bits per heavy atom. The maximum absolute atomic E-state index is 11.9. The second kappa shape index (κ2) is 5.06. The first-order valence-corrected chi connectivity index (χ1v) is 6.35. The van der Waals surface area contributed by atoms with Crippen LogP contribution in [-0.2, 0) is 0 Å². The molecule has 1 aliphatic rings. The van der Waals surface area contributed by atoms with Crippen molar-refractivity contribution in [2.75, 3.05) is 18.4 Å². The minimum Gasteiger partial charge on any atom is -0.391 e. The molecule has 1 saturated heterocycles. The van der Waals surface area contributed by atoms with Gasteiger partial charge in [-0.15, -0.1) is 0 Å². The number of β-amino-alcohol motifs (C(OH)–C–C–N with tert-alkyl or cyclic N) is 1. The summed E-state index contributed by atoms with van der Waals surface area (Å²) in [5, 5.41) is 12.2. The summed E-state index contributed by atoms with van der Waals surface area (Å²) in [6.07, 6.45) is 0.268. The number of hydrogen-bond acceptors (Lipinski definition) is 2. The van der Waals surface area contributed by atoms with Gasteiger partial charge in [-0.1, -0.05) is 6.07 Å². The van der Waals surface area contributed by atoms with E-state index in [1.807, 2.05) is 25.1 Å². The lowest BCUT2D eigenvalue weighted by atomic mass is 10.2. The van der Waals surface area contributed by atoms with Gasteiger partial charge in [-0.2, -0.15) is 0 Å². The molecule has 1 fully saturated rings. The third-order valence-electron chi connectivity index (χ3n) is 2.81. The van der Waals surface area contributed by atoms with Crippen molar-refractivity contribution >= 4 is 27.6 Å². The highest BCUT2D eigenvalue weighted by Crippen LogP contribution is 2.24. The monoisotopic (exact) mass is 298 g/mol. The molecule has 1 heterocycles. The van der Waals surface area contributed by atoms with Gasteiger partial charge < -0.3 is 15.3 Å². The predicted octanol–water partition coefficient (Wildman–Crippen LogP) is 2.36. The number of carbonyl (C=O) groups is 1. The van der Waals surface area contributed by atoms with Gasteiger partial charge in [0, 0.05) is 17.6 Å². The van der Waals surface area contributed by atoms with Crippen LogP contribution in [-0.4, -0.2) is 35.2 Å². The number of urea groups is 1. The molecular weight excluding hydrogens is 284 g/mol. The van der Waals surface area contributed by atoms with Gasteiger partial charge in [0.05, 0.1) is 11.8 Å². The number of anilines is 1. The summed E-state index contributed by atoms with van der Waals surface area (Å²) in [6.45, 7) is 2.99. The Bertz CT molecular complexity index is 437. The third kappa shape index (κ3) is 2.98. The van der Waals surface area contributed by atoms with Crippen LogP contribution in [0.25, 0.3) is 0 Å².